The lowest BCUT2D eigenvalue weighted by Gasteiger charge is -2.61. The lowest BCUT2D eigenvalue weighted by Crippen LogP contribution is -2.58. The largest absolute Gasteiger partial charge is 0.352 e. The number of rotatable bonds is 6. The van der Waals surface area contributed by atoms with Gasteiger partial charge in [-0.15, -0.1) is 0 Å². The third-order valence-corrected chi connectivity index (χ3v) is 5.39. The van der Waals surface area contributed by atoms with Gasteiger partial charge in [-0.05, 0) is 57.3 Å². The summed E-state index contributed by atoms with van der Waals surface area (Å²) < 4.78 is 0. The van der Waals surface area contributed by atoms with Crippen molar-refractivity contribution in [1.82, 2.24) is 15.2 Å². The van der Waals surface area contributed by atoms with E-state index in [0.29, 0.717) is 12.0 Å². The van der Waals surface area contributed by atoms with Crippen molar-refractivity contribution in [2.45, 2.75) is 37.5 Å². The highest BCUT2D eigenvalue weighted by Crippen LogP contribution is 2.64. The molecule has 1 spiro atoms. The van der Waals surface area contributed by atoms with E-state index in [1.165, 1.54) is 32.1 Å². The number of carbonyl (C=O) groups is 1. The van der Waals surface area contributed by atoms with Crippen molar-refractivity contribution in [1.29, 1.82) is 0 Å². The highest BCUT2D eigenvalue weighted by molar-refractivity contribution is 5.87. The Bertz CT molecular complexity index is 568. The van der Waals surface area contributed by atoms with Gasteiger partial charge in [0.25, 0.3) is 0 Å². The van der Waals surface area contributed by atoms with Gasteiger partial charge in [0.1, 0.15) is 0 Å². The number of hydrogen-bond acceptors (Lipinski definition) is 3. The molecule has 2 saturated carbocycles. The highest BCUT2D eigenvalue weighted by Gasteiger charge is 2.58. The zero-order valence-corrected chi connectivity index (χ0v) is 14.2. The summed E-state index contributed by atoms with van der Waals surface area (Å²) in [7, 11) is 3.98. The second kappa shape index (κ2) is 6.44. The highest BCUT2D eigenvalue weighted by atomic mass is 16.1. The van der Waals surface area contributed by atoms with Gasteiger partial charge in [0.15, 0.2) is 0 Å². The third kappa shape index (κ3) is 3.47. The van der Waals surface area contributed by atoms with Crippen molar-refractivity contribution in [2.75, 3.05) is 27.2 Å². The Morgan fingerprint density at radius 3 is 2.70 bits per heavy atom. The smallest absolute Gasteiger partial charge is 0.243 e. The minimum Gasteiger partial charge on any atom is -0.352 e. The molecule has 4 nitrogen and oxygen atoms in total. The van der Waals surface area contributed by atoms with Crippen LogP contribution in [0.1, 0.15) is 37.8 Å². The fourth-order valence-corrected chi connectivity index (χ4v) is 4.17. The standard InChI is InChI=1S/C19H27N3O/c1-22(2)12-5-8-17(23)21-15-19(16-7-3-4-11-20-16)13-18(14-19)9-6-10-18/h3-5,7-8,11H,6,9-10,12-15H2,1-2H3,(H,21,23)/b8-5+. The summed E-state index contributed by atoms with van der Waals surface area (Å²) in [5.74, 6) is -0.00304. The molecule has 1 amide bonds. The van der Waals surface area contributed by atoms with Gasteiger partial charge < -0.3 is 10.2 Å². The van der Waals surface area contributed by atoms with Gasteiger partial charge in [-0.3, -0.25) is 9.78 Å². The van der Waals surface area contributed by atoms with Gasteiger partial charge in [0.2, 0.25) is 5.91 Å². The van der Waals surface area contributed by atoms with E-state index >= 15 is 0 Å². The van der Waals surface area contributed by atoms with Crippen molar-refractivity contribution < 1.29 is 4.79 Å². The second-order valence-electron chi connectivity index (χ2n) is 7.58. The SMILES string of the molecule is CN(C)C/C=C/C(=O)NCC1(c2ccccn2)CC2(CCC2)C1. The molecule has 1 heterocycles. The molecule has 4 heteroatoms. The number of nitrogens with zero attached hydrogens (tertiary/aromatic N) is 2. The van der Waals surface area contributed by atoms with Crippen LogP contribution < -0.4 is 5.32 Å². The zero-order valence-electron chi connectivity index (χ0n) is 14.2. The topological polar surface area (TPSA) is 45.2 Å². The first-order valence-electron chi connectivity index (χ1n) is 8.54. The number of carbonyl (C=O) groups excluding carboxylic acids is 1. The van der Waals surface area contributed by atoms with E-state index in [2.05, 4.69) is 22.4 Å². The van der Waals surface area contributed by atoms with Crippen LogP contribution in [0.4, 0.5) is 0 Å². The van der Waals surface area contributed by atoms with Crippen LogP contribution in [-0.2, 0) is 10.2 Å². The van der Waals surface area contributed by atoms with E-state index in [4.69, 9.17) is 0 Å². The van der Waals surface area contributed by atoms with Crippen LogP contribution in [0.3, 0.4) is 0 Å². The summed E-state index contributed by atoms with van der Waals surface area (Å²) in [6.07, 6.45) is 11.8. The zero-order chi connectivity index (χ0) is 16.3. The second-order valence-corrected chi connectivity index (χ2v) is 7.58. The molecule has 2 aliphatic rings. The first-order valence-corrected chi connectivity index (χ1v) is 8.54. The molecule has 0 atom stereocenters. The van der Waals surface area contributed by atoms with E-state index in [0.717, 1.165) is 12.2 Å². The molecule has 2 aliphatic carbocycles. The van der Waals surface area contributed by atoms with Gasteiger partial charge in [-0.25, -0.2) is 0 Å². The van der Waals surface area contributed by atoms with Gasteiger partial charge in [-0.2, -0.15) is 0 Å². The number of pyridine rings is 1. The monoisotopic (exact) mass is 313 g/mol. The summed E-state index contributed by atoms with van der Waals surface area (Å²) in [5, 5.41) is 3.10. The molecule has 0 unspecified atom stereocenters. The molecule has 0 bridgehead atoms. The Morgan fingerprint density at radius 1 is 1.35 bits per heavy atom. The Labute approximate surface area is 139 Å². The summed E-state index contributed by atoms with van der Waals surface area (Å²) in [6.45, 7) is 1.47. The first kappa shape index (κ1) is 16.2. The molecule has 124 valence electrons. The van der Waals surface area contributed by atoms with Crippen LogP contribution in [0.2, 0.25) is 0 Å². The Hall–Kier alpha value is -1.68. The fourth-order valence-electron chi connectivity index (χ4n) is 4.17. The van der Waals surface area contributed by atoms with Gasteiger partial charge >= 0.3 is 0 Å². The van der Waals surface area contributed by atoms with Crippen molar-refractivity contribution in [3.8, 4) is 0 Å². The van der Waals surface area contributed by atoms with Crippen molar-refractivity contribution in [2.24, 2.45) is 5.41 Å². The third-order valence-electron chi connectivity index (χ3n) is 5.39. The summed E-state index contributed by atoms with van der Waals surface area (Å²) >= 11 is 0. The number of nitrogens with one attached hydrogen (secondary N) is 1. The van der Waals surface area contributed by atoms with E-state index in [9.17, 15) is 4.79 Å². The molecule has 0 aliphatic heterocycles. The van der Waals surface area contributed by atoms with Gasteiger partial charge in [0, 0.05) is 36.5 Å². The predicted molar refractivity (Wildman–Crippen MR) is 92.1 cm³/mol. The van der Waals surface area contributed by atoms with E-state index in [-0.39, 0.29) is 11.3 Å². The Balaban J connectivity index is 1.62. The van der Waals surface area contributed by atoms with Crippen LogP contribution in [0, 0.1) is 5.41 Å². The first-order chi connectivity index (χ1) is 11.0. The molecular formula is C19H27N3O. The van der Waals surface area contributed by atoms with Crippen molar-refractivity contribution in [3.05, 3.63) is 42.2 Å². The number of aromatic nitrogens is 1. The lowest BCUT2D eigenvalue weighted by atomic mass is 9.44. The molecule has 0 aromatic carbocycles. The van der Waals surface area contributed by atoms with Gasteiger partial charge in [0.05, 0.1) is 0 Å². The quantitative estimate of drug-likeness (QED) is 0.821. The van der Waals surface area contributed by atoms with Gasteiger partial charge in [-0.1, -0.05) is 18.6 Å². The van der Waals surface area contributed by atoms with Crippen molar-refractivity contribution in [3.63, 3.8) is 0 Å². The Kier molecular flexibility index (Phi) is 4.53. The molecule has 1 N–H and O–H groups in total. The minimum atomic E-state index is -0.00304. The van der Waals surface area contributed by atoms with E-state index in [1.807, 2.05) is 37.3 Å². The fraction of sp³-hybridized carbons (Fsp3) is 0.579. The van der Waals surface area contributed by atoms with E-state index in [1.54, 1.807) is 6.08 Å². The lowest BCUT2D eigenvalue weighted by molar-refractivity contribution is -0.118. The van der Waals surface area contributed by atoms with Crippen LogP contribution in [0.5, 0.6) is 0 Å². The Morgan fingerprint density at radius 2 is 2.13 bits per heavy atom. The molecular weight excluding hydrogens is 286 g/mol. The minimum absolute atomic E-state index is 0.00304. The average molecular weight is 313 g/mol. The predicted octanol–water partition coefficient (Wildman–Crippen LogP) is 2.52. The summed E-state index contributed by atoms with van der Waals surface area (Å²) in [6, 6.07) is 6.12. The molecule has 2 fully saturated rings. The maximum absolute atomic E-state index is 12.1. The molecule has 1 aromatic heterocycles. The summed E-state index contributed by atoms with van der Waals surface area (Å²) in [4.78, 5) is 18.7. The van der Waals surface area contributed by atoms with Crippen LogP contribution in [-0.4, -0.2) is 43.0 Å². The molecule has 0 radical (unpaired) electrons. The normalized spacial score (nSPS) is 21.2. The molecule has 3 rings (SSSR count). The molecule has 0 saturated heterocycles. The van der Waals surface area contributed by atoms with Crippen LogP contribution >= 0.6 is 0 Å². The maximum atomic E-state index is 12.1. The van der Waals surface area contributed by atoms with E-state index < -0.39 is 0 Å². The summed E-state index contributed by atoms with van der Waals surface area (Å²) in [5.41, 5.74) is 1.71. The van der Waals surface area contributed by atoms with Crippen LogP contribution in [0.25, 0.3) is 0 Å². The number of amides is 1. The van der Waals surface area contributed by atoms with Crippen molar-refractivity contribution >= 4 is 5.91 Å². The average Bonchev–Trinajstić information content (AvgIpc) is 2.45. The number of hydrogen-bond donors (Lipinski definition) is 1. The molecule has 1 aromatic rings. The maximum Gasteiger partial charge on any atom is 0.243 e. The molecule has 23 heavy (non-hydrogen) atoms. The van der Waals surface area contributed by atoms with Crippen LogP contribution in [0.15, 0.2) is 36.5 Å². The number of likely N-dealkylation sites (N-methyl/N-ethyl adjacent to an activating group) is 1.